The van der Waals surface area contributed by atoms with E-state index in [1.54, 1.807) is 0 Å². The fourth-order valence-electron chi connectivity index (χ4n) is 2.95. The van der Waals surface area contributed by atoms with E-state index in [0.29, 0.717) is 13.1 Å². The van der Waals surface area contributed by atoms with Gasteiger partial charge in [-0.15, -0.1) is 12.4 Å². The van der Waals surface area contributed by atoms with Crippen LogP contribution in [0.4, 0.5) is 26.3 Å². The van der Waals surface area contributed by atoms with Crippen LogP contribution in [0, 0.1) is 5.92 Å². The predicted molar refractivity (Wildman–Crippen MR) is 80.7 cm³/mol. The van der Waals surface area contributed by atoms with Gasteiger partial charge in [-0.2, -0.15) is 26.3 Å². The first-order valence-corrected chi connectivity index (χ1v) is 7.23. The van der Waals surface area contributed by atoms with Gasteiger partial charge in [0.25, 0.3) is 0 Å². The molecular formula is C15H19ClF6N2. The number of nitrogens with two attached hydrogens (primary N) is 1. The highest BCUT2D eigenvalue weighted by Crippen LogP contribution is 2.37. The van der Waals surface area contributed by atoms with Crippen LogP contribution in [0.25, 0.3) is 0 Å². The van der Waals surface area contributed by atoms with Crippen molar-refractivity contribution >= 4 is 12.4 Å². The molecule has 0 amide bonds. The van der Waals surface area contributed by atoms with Crippen molar-refractivity contribution in [3.05, 3.63) is 34.9 Å². The maximum atomic E-state index is 12.8. The first-order valence-electron chi connectivity index (χ1n) is 7.23. The van der Waals surface area contributed by atoms with Crippen molar-refractivity contribution in [2.75, 3.05) is 13.1 Å². The molecule has 0 saturated carbocycles. The number of likely N-dealkylation sites (tertiary alicyclic amines) is 1. The summed E-state index contributed by atoms with van der Waals surface area (Å²) in [4.78, 5) is 1.87. The van der Waals surface area contributed by atoms with E-state index in [4.69, 9.17) is 5.73 Å². The number of nitrogens with zero attached hydrogens (tertiary/aromatic N) is 1. The van der Waals surface area contributed by atoms with Gasteiger partial charge in [-0.25, -0.2) is 0 Å². The zero-order valence-corrected chi connectivity index (χ0v) is 13.7. The third kappa shape index (κ3) is 5.00. The lowest BCUT2D eigenvalue weighted by Crippen LogP contribution is -2.27. The second-order valence-electron chi connectivity index (χ2n) is 6.03. The van der Waals surface area contributed by atoms with Gasteiger partial charge < -0.3 is 5.73 Å². The van der Waals surface area contributed by atoms with Crippen LogP contribution < -0.4 is 5.73 Å². The number of rotatable bonds is 3. The largest absolute Gasteiger partial charge is 0.416 e. The van der Waals surface area contributed by atoms with Gasteiger partial charge >= 0.3 is 12.4 Å². The molecule has 0 aromatic heterocycles. The zero-order chi connectivity index (χ0) is 17.4. The normalized spacial score (nSPS) is 22.5. The Bertz CT molecular complexity index is 526. The molecule has 1 aromatic carbocycles. The van der Waals surface area contributed by atoms with Crippen molar-refractivity contribution in [1.29, 1.82) is 0 Å². The van der Waals surface area contributed by atoms with E-state index < -0.39 is 23.5 Å². The Morgan fingerprint density at radius 3 is 1.92 bits per heavy atom. The van der Waals surface area contributed by atoms with Gasteiger partial charge in [0.15, 0.2) is 0 Å². The van der Waals surface area contributed by atoms with Gasteiger partial charge in [-0.05, 0) is 49.6 Å². The Hall–Kier alpha value is -0.990. The van der Waals surface area contributed by atoms with Crippen LogP contribution in [0.15, 0.2) is 18.2 Å². The summed E-state index contributed by atoms with van der Waals surface area (Å²) in [6.07, 6.45) is -8.83. The fraction of sp³-hybridized carbons (Fsp3) is 0.600. The summed E-state index contributed by atoms with van der Waals surface area (Å²) in [5, 5.41) is 0. The Kier molecular flexibility index (Phi) is 6.57. The lowest BCUT2D eigenvalue weighted by atomic mass is 10.0. The van der Waals surface area contributed by atoms with Crippen LogP contribution in [0.1, 0.15) is 30.0 Å². The summed E-state index contributed by atoms with van der Waals surface area (Å²) in [5.41, 5.74) is 3.05. The minimum absolute atomic E-state index is 0. The van der Waals surface area contributed by atoms with Crippen LogP contribution in [0.2, 0.25) is 0 Å². The highest BCUT2D eigenvalue weighted by Gasteiger charge is 2.37. The van der Waals surface area contributed by atoms with Gasteiger partial charge in [0, 0.05) is 19.1 Å². The van der Waals surface area contributed by atoms with E-state index in [1.807, 2.05) is 11.8 Å². The van der Waals surface area contributed by atoms with Crippen molar-refractivity contribution in [3.8, 4) is 0 Å². The Labute approximate surface area is 142 Å². The minimum atomic E-state index is -4.81. The Morgan fingerprint density at radius 1 is 1.04 bits per heavy atom. The summed E-state index contributed by atoms with van der Waals surface area (Å²) in [6, 6.07) is 1.81. The van der Waals surface area contributed by atoms with Crippen molar-refractivity contribution < 1.29 is 26.3 Å². The molecule has 2 unspecified atom stereocenters. The van der Waals surface area contributed by atoms with Crippen molar-refractivity contribution in [2.24, 2.45) is 11.7 Å². The molecule has 2 atom stereocenters. The number of alkyl halides is 6. The number of halogens is 7. The lowest BCUT2D eigenvalue weighted by molar-refractivity contribution is -0.143. The second kappa shape index (κ2) is 7.49. The van der Waals surface area contributed by atoms with E-state index >= 15 is 0 Å². The maximum Gasteiger partial charge on any atom is 0.416 e. The molecule has 1 saturated heterocycles. The quantitative estimate of drug-likeness (QED) is 0.796. The van der Waals surface area contributed by atoms with Gasteiger partial charge in [-0.1, -0.05) is 0 Å². The smallest absolute Gasteiger partial charge is 0.330 e. The third-order valence-corrected chi connectivity index (χ3v) is 4.16. The topological polar surface area (TPSA) is 29.3 Å². The summed E-state index contributed by atoms with van der Waals surface area (Å²) < 4.78 is 77.1. The average Bonchev–Trinajstić information content (AvgIpc) is 2.77. The Morgan fingerprint density at radius 2 is 1.54 bits per heavy atom. The molecule has 1 aliphatic heterocycles. The molecule has 138 valence electrons. The molecule has 24 heavy (non-hydrogen) atoms. The highest BCUT2D eigenvalue weighted by molar-refractivity contribution is 5.85. The average molecular weight is 377 g/mol. The van der Waals surface area contributed by atoms with E-state index in [1.165, 1.54) is 0 Å². The van der Waals surface area contributed by atoms with Crippen LogP contribution in [-0.2, 0) is 18.9 Å². The summed E-state index contributed by atoms with van der Waals surface area (Å²) in [6.45, 7) is 2.98. The third-order valence-electron chi connectivity index (χ3n) is 4.16. The van der Waals surface area contributed by atoms with Gasteiger partial charge in [-0.3, -0.25) is 4.90 Å². The molecule has 2 rings (SSSR count). The molecule has 1 heterocycles. The predicted octanol–water partition coefficient (Wildman–Crippen LogP) is 4.32. The monoisotopic (exact) mass is 376 g/mol. The lowest BCUT2D eigenvalue weighted by Gasteiger charge is -2.22. The second-order valence-corrected chi connectivity index (χ2v) is 6.03. The van der Waals surface area contributed by atoms with Gasteiger partial charge in [0.2, 0.25) is 0 Å². The van der Waals surface area contributed by atoms with E-state index in [2.05, 4.69) is 0 Å². The van der Waals surface area contributed by atoms with Crippen LogP contribution in [-0.4, -0.2) is 24.0 Å². The van der Waals surface area contributed by atoms with Crippen LogP contribution in [0.5, 0.6) is 0 Å². The SMILES string of the molecule is CC1CC(CN)CN1Cc1cc(C(F)(F)F)cc(C(F)(F)F)c1.Cl. The van der Waals surface area contributed by atoms with Gasteiger partial charge in [0.05, 0.1) is 11.1 Å². The number of benzene rings is 1. The Balaban J connectivity index is 0.00000288. The molecular weight excluding hydrogens is 358 g/mol. The van der Waals surface area contributed by atoms with Crippen molar-refractivity contribution in [1.82, 2.24) is 4.90 Å². The summed E-state index contributed by atoms with van der Waals surface area (Å²) >= 11 is 0. The molecule has 1 aliphatic rings. The van der Waals surface area contributed by atoms with E-state index in [0.717, 1.165) is 18.6 Å². The van der Waals surface area contributed by atoms with Crippen LogP contribution in [0.3, 0.4) is 0 Å². The molecule has 9 heteroatoms. The number of hydrogen-bond donors (Lipinski definition) is 1. The molecule has 1 fully saturated rings. The first-order chi connectivity index (χ1) is 10.5. The van der Waals surface area contributed by atoms with E-state index in [9.17, 15) is 26.3 Å². The molecule has 0 radical (unpaired) electrons. The first kappa shape index (κ1) is 21.1. The molecule has 0 aliphatic carbocycles. The molecule has 2 N–H and O–H groups in total. The van der Waals surface area contributed by atoms with E-state index in [-0.39, 0.29) is 42.5 Å². The molecule has 1 aromatic rings. The highest BCUT2D eigenvalue weighted by atomic mass is 35.5. The zero-order valence-electron chi connectivity index (χ0n) is 12.9. The van der Waals surface area contributed by atoms with Gasteiger partial charge in [0.1, 0.15) is 0 Å². The van der Waals surface area contributed by atoms with Crippen molar-refractivity contribution in [3.63, 3.8) is 0 Å². The standard InChI is InChI=1S/C15H18F6N2.ClH/c1-9-2-11(6-22)8-23(9)7-10-3-12(14(16,17)18)5-13(4-10)15(19,20)21;/h3-5,9,11H,2,6-8,22H2,1H3;1H. The summed E-state index contributed by atoms with van der Waals surface area (Å²) in [7, 11) is 0. The minimum Gasteiger partial charge on any atom is -0.330 e. The fourth-order valence-corrected chi connectivity index (χ4v) is 2.95. The number of hydrogen-bond acceptors (Lipinski definition) is 2. The van der Waals surface area contributed by atoms with Crippen LogP contribution >= 0.6 is 12.4 Å². The maximum absolute atomic E-state index is 12.8. The molecule has 2 nitrogen and oxygen atoms in total. The van der Waals surface area contributed by atoms with Crippen molar-refractivity contribution in [2.45, 2.75) is 38.3 Å². The molecule has 0 spiro atoms. The summed E-state index contributed by atoms with van der Waals surface area (Å²) in [5.74, 6) is 0.220. The molecule has 0 bridgehead atoms.